The van der Waals surface area contributed by atoms with Crippen LogP contribution in [0.5, 0.6) is 11.5 Å². The van der Waals surface area contributed by atoms with Crippen molar-refractivity contribution in [3.63, 3.8) is 0 Å². The van der Waals surface area contributed by atoms with E-state index in [4.69, 9.17) is 21.1 Å². The normalized spacial score (nSPS) is 10.9. The number of nitro groups is 1. The Hall–Kier alpha value is -3.94. The maximum Gasteiger partial charge on any atom is 0.271 e. The van der Waals surface area contributed by atoms with Gasteiger partial charge in [-0.05, 0) is 47.5 Å². The number of hydrogen-bond donors (Lipinski definition) is 0. The fourth-order valence-corrected chi connectivity index (χ4v) is 4.74. The van der Waals surface area contributed by atoms with Crippen LogP contribution in [-0.4, -0.2) is 17.8 Å². The van der Waals surface area contributed by atoms with Gasteiger partial charge in [-0.1, -0.05) is 54.1 Å². The number of allylic oxidation sites excluding steroid dienone is 1. The first-order chi connectivity index (χ1) is 17.4. The number of nitrogens with zero attached hydrogens (tertiary/aromatic N) is 1. The van der Waals surface area contributed by atoms with Crippen molar-refractivity contribution < 1.29 is 19.2 Å². The number of benzene rings is 3. The lowest BCUT2D eigenvalue weighted by Crippen LogP contribution is -2.00. The largest absolute Gasteiger partial charge is 0.496 e. The number of carbonyl (C=O) groups is 1. The molecule has 182 valence electrons. The predicted octanol–water partition coefficient (Wildman–Crippen LogP) is 7.38. The van der Waals surface area contributed by atoms with Crippen LogP contribution in [-0.2, 0) is 13.0 Å². The Bertz CT molecular complexity index is 1410. The van der Waals surface area contributed by atoms with Crippen molar-refractivity contribution in [3.8, 4) is 11.5 Å². The Morgan fingerprint density at radius 2 is 1.81 bits per heavy atom. The standard InChI is InChI=1S/C28H22ClNO5S/c1-34-26-12-8-20(15-21(26)18-35-27-13-9-22(30(32)33)17-24(27)29)7-11-25(31)28-14-10-23(36-28)16-19-5-3-2-4-6-19/h2-15,17H,16,18H2,1H3/b11-7+. The van der Waals surface area contributed by atoms with Crippen LogP contribution in [0.4, 0.5) is 5.69 Å². The fourth-order valence-electron chi connectivity index (χ4n) is 3.55. The highest BCUT2D eigenvalue weighted by molar-refractivity contribution is 7.14. The smallest absolute Gasteiger partial charge is 0.271 e. The Balaban J connectivity index is 1.43. The monoisotopic (exact) mass is 519 g/mol. The summed E-state index contributed by atoms with van der Waals surface area (Å²) in [6.45, 7) is 0.129. The quantitative estimate of drug-likeness (QED) is 0.0944. The maximum atomic E-state index is 12.7. The molecule has 0 aliphatic carbocycles. The van der Waals surface area contributed by atoms with Gasteiger partial charge < -0.3 is 9.47 Å². The van der Waals surface area contributed by atoms with Crippen LogP contribution in [0.3, 0.4) is 0 Å². The molecule has 3 aromatic carbocycles. The zero-order valence-electron chi connectivity index (χ0n) is 19.3. The third-order valence-electron chi connectivity index (χ3n) is 5.37. The van der Waals surface area contributed by atoms with Crippen molar-refractivity contribution in [2.45, 2.75) is 13.0 Å². The van der Waals surface area contributed by atoms with Crippen molar-refractivity contribution in [1.82, 2.24) is 0 Å². The van der Waals surface area contributed by atoms with Gasteiger partial charge >= 0.3 is 0 Å². The molecule has 36 heavy (non-hydrogen) atoms. The van der Waals surface area contributed by atoms with Gasteiger partial charge in [-0.3, -0.25) is 14.9 Å². The van der Waals surface area contributed by atoms with E-state index in [-0.39, 0.29) is 23.1 Å². The summed E-state index contributed by atoms with van der Waals surface area (Å²) in [5.74, 6) is 0.871. The number of non-ortho nitro benzene ring substituents is 1. The molecule has 0 fully saturated rings. The van der Waals surface area contributed by atoms with E-state index in [1.807, 2.05) is 42.5 Å². The summed E-state index contributed by atoms with van der Waals surface area (Å²) in [5, 5.41) is 11.0. The van der Waals surface area contributed by atoms with Gasteiger partial charge in [0.05, 0.1) is 21.9 Å². The van der Waals surface area contributed by atoms with Crippen LogP contribution in [0.1, 0.15) is 31.2 Å². The first kappa shape index (κ1) is 25.2. The molecule has 6 nitrogen and oxygen atoms in total. The molecule has 0 atom stereocenters. The lowest BCUT2D eigenvalue weighted by atomic mass is 10.1. The number of methoxy groups -OCH3 is 1. The summed E-state index contributed by atoms with van der Waals surface area (Å²) in [4.78, 5) is 24.9. The number of rotatable bonds is 10. The van der Waals surface area contributed by atoms with Gasteiger partial charge in [0.15, 0.2) is 5.78 Å². The Morgan fingerprint density at radius 1 is 1.03 bits per heavy atom. The number of thiophene rings is 1. The van der Waals surface area contributed by atoms with Gasteiger partial charge in [0.2, 0.25) is 0 Å². The topological polar surface area (TPSA) is 78.7 Å². The van der Waals surface area contributed by atoms with Crippen molar-refractivity contribution in [2.75, 3.05) is 7.11 Å². The van der Waals surface area contributed by atoms with Crippen molar-refractivity contribution in [3.05, 3.63) is 127 Å². The van der Waals surface area contributed by atoms with Crippen LogP contribution in [0, 0.1) is 10.1 Å². The second kappa shape index (κ2) is 11.7. The molecule has 0 unspecified atom stereocenters. The summed E-state index contributed by atoms with van der Waals surface area (Å²) < 4.78 is 11.2. The summed E-state index contributed by atoms with van der Waals surface area (Å²) in [5.41, 5.74) is 2.64. The first-order valence-electron chi connectivity index (χ1n) is 11.0. The van der Waals surface area contributed by atoms with Crippen LogP contribution in [0.25, 0.3) is 6.08 Å². The van der Waals surface area contributed by atoms with E-state index in [0.717, 1.165) is 22.4 Å². The highest BCUT2D eigenvalue weighted by atomic mass is 35.5. The molecule has 0 spiro atoms. The lowest BCUT2D eigenvalue weighted by Gasteiger charge is -2.12. The lowest BCUT2D eigenvalue weighted by molar-refractivity contribution is -0.384. The summed E-state index contributed by atoms with van der Waals surface area (Å²) in [6.07, 6.45) is 4.10. The van der Waals surface area contributed by atoms with Crippen molar-refractivity contribution >= 4 is 40.5 Å². The molecule has 0 aliphatic rings. The summed E-state index contributed by atoms with van der Waals surface area (Å²) in [7, 11) is 1.56. The molecular formula is C28H22ClNO5S. The number of ether oxygens (including phenoxy) is 2. The number of carbonyl (C=O) groups excluding carboxylic acids is 1. The minimum absolute atomic E-state index is 0.0643. The third kappa shape index (κ3) is 6.38. The van der Waals surface area contributed by atoms with Gasteiger partial charge in [0, 0.05) is 29.0 Å². The minimum Gasteiger partial charge on any atom is -0.496 e. The van der Waals surface area contributed by atoms with Crippen molar-refractivity contribution in [2.24, 2.45) is 0 Å². The number of halogens is 1. The molecule has 0 bridgehead atoms. The summed E-state index contributed by atoms with van der Waals surface area (Å²) >= 11 is 7.62. The molecule has 0 N–H and O–H groups in total. The van der Waals surface area contributed by atoms with E-state index >= 15 is 0 Å². The van der Waals surface area contributed by atoms with Gasteiger partial charge in [0.1, 0.15) is 18.1 Å². The summed E-state index contributed by atoms with van der Waals surface area (Å²) in [6, 6.07) is 23.5. The van der Waals surface area contributed by atoms with Gasteiger partial charge in [-0.25, -0.2) is 0 Å². The Kier molecular flexibility index (Phi) is 8.15. The molecular weight excluding hydrogens is 498 g/mol. The van der Waals surface area contributed by atoms with E-state index in [1.54, 1.807) is 25.3 Å². The van der Waals surface area contributed by atoms with Crippen LogP contribution in [0.15, 0.2) is 84.9 Å². The average Bonchev–Trinajstić information content (AvgIpc) is 3.35. The molecule has 0 radical (unpaired) electrons. The molecule has 4 aromatic rings. The van der Waals surface area contributed by atoms with Gasteiger partial charge in [0.25, 0.3) is 5.69 Å². The maximum absolute atomic E-state index is 12.7. The Morgan fingerprint density at radius 3 is 2.53 bits per heavy atom. The second-order valence-electron chi connectivity index (χ2n) is 7.86. The van der Waals surface area contributed by atoms with E-state index in [0.29, 0.717) is 16.4 Å². The van der Waals surface area contributed by atoms with E-state index in [2.05, 4.69) is 12.1 Å². The molecule has 0 aliphatic heterocycles. The predicted molar refractivity (Wildman–Crippen MR) is 142 cm³/mol. The Labute approximate surface area is 217 Å². The van der Waals surface area contributed by atoms with Gasteiger partial charge in [-0.2, -0.15) is 0 Å². The molecule has 0 saturated carbocycles. The van der Waals surface area contributed by atoms with E-state index in [1.165, 1.54) is 35.1 Å². The van der Waals surface area contributed by atoms with Crippen LogP contribution < -0.4 is 9.47 Å². The molecule has 1 aromatic heterocycles. The molecule has 1 heterocycles. The molecule has 8 heteroatoms. The van der Waals surface area contributed by atoms with Crippen LogP contribution >= 0.6 is 22.9 Å². The molecule has 4 rings (SSSR count). The number of hydrogen-bond acceptors (Lipinski definition) is 6. The fraction of sp³-hybridized carbons (Fsp3) is 0.107. The average molecular weight is 520 g/mol. The van der Waals surface area contributed by atoms with Crippen LogP contribution in [0.2, 0.25) is 5.02 Å². The first-order valence-corrected chi connectivity index (χ1v) is 12.2. The van der Waals surface area contributed by atoms with E-state index in [9.17, 15) is 14.9 Å². The third-order valence-corrected chi connectivity index (χ3v) is 6.76. The molecule has 0 amide bonds. The second-order valence-corrected chi connectivity index (χ2v) is 9.43. The number of ketones is 1. The van der Waals surface area contributed by atoms with Gasteiger partial charge in [-0.15, -0.1) is 11.3 Å². The highest BCUT2D eigenvalue weighted by Gasteiger charge is 2.12. The SMILES string of the molecule is COc1ccc(/C=C/C(=O)c2ccc(Cc3ccccc3)s2)cc1COc1ccc([N+](=O)[O-])cc1Cl. The highest BCUT2D eigenvalue weighted by Crippen LogP contribution is 2.30. The minimum atomic E-state index is -0.518. The van der Waals surface area contributed by atoms with Crippen molar-refractivity contribution in [1.29, 1.82) is 0 Å². The number of nitro benzene ring substituents is 1. The van der Waals surface area contributed by atoms with E-state index < -0.39 is 4.92 Å². The zero-order chi connectivity index (χ0) is 25.5. The molecule has 0 saturated heterocycles. The zero-order valence-corrected chi connectivity index (χ0v) is 20.9.